The second-order valence-electron chi connectivity index (χ2n) is 5.27. The molecular weight excluding hydrogens is 288 g/mol. The largest absolute Gasteiger partial charge is 0.469 e. The number of hydrogen-bond donors (Lipinski definition) is 2. The van der Waals surface area contributed by atoms with E-state index in [1.807, 2.05) is 18.2 Å². The molecule has 0 aliphatic heterocycles. The predicted octanol–water partition coefficient (Wildman–Crippen LogP) is 2.51. The minimum atomic E-state index is 0.706. The van der Waals surface area contributed by atoms with E-state index in [0.29, 0.717) is 6.54 Å². The number of guanidine groups is 1. The normalized spacial score (nSPS) is 11.3. The lowest BCUT2D eigenvalue weighted by atomic mass is 10.3. The number of nitrogens with one attached hydrogen (secondary N) is 2. The van der Waals surface area contributed by atoms with Crippen molar-refractivity contribution in [1.82, 2.24) is 10.6 Å². The Morgan fingerprint density at radius 3 is 2.65 bits per heavy atom. The number of hydrogen-bond acceptors (Lipinski definition) is 3. The SMILES string of the molecule is CCNC(=NCCc1ccco1)NCCN(C)c1ccccc1. The lowest BCUT2D eigenvalue weighted by Crippen LogP contribution is -2.41. The summed E-state index contributed by atoms with van der Waals surface area (Å²) in [5.74, 6) is 1.81. The van der Waals surface area contributed by atoms with Crippen molar-refractivity contribution in [1.29, 1.82) is 0 Å². The first-order valence-corrected chi connectivity index (χ1v) is 8.10. The van der Waals surface area contributed by atoms with Crippen LogP contribution in [0, 0.1) is 0 Å². The standard InChI is InChI=1S/C18H26N4O/c1-3-19-18(20-12-11-17-10-7-15-23-17)21-13-14-22(2)16-8-5-4-6-9-16/h4-10,15H,3,11-14H2,1-2H3,(H2,19,20,21). The number of para-hydroxylation sites is 1. The molecule has 2 aromatic rings. The van der Waals surface area contributed by atoms with Crippen LogP contribution in [-0.4, -0.2) is 39.2 Å². The van der Waals surface area contributed by atoms with Crippen molar-refractivity contribution in [2.45, 2.75) is 13.3 Å². The zero-order valence-electron chi connectivity index (χ0n) is 14.0. The molecule has 124 valence electrons. The summed E-state index contributed by atoms with van der Waals surface area (Å²) in [7, 11) is 2.10. The maximum absolute atomic E-state index is 5.32. The highest BCUT2D eigenvalue weighted by molar-refractivity contribution is 5.79. The molecule has 2 rings (SSSR count). The van der Waals surface area contributed by atoms with Gasteiger partial charge in [-0.3, -0.25) is 4.99 Å². The van der Waals surface area contributed by atoms with Crippen molar-refractivity contribution in [3.63, 3.8) is 0 Å². The molecule has 1 aromatic carbocycles. The minimum Gasteiger partial charge on any atom is -0.469 e. The number of anilines is 1. The van der Waals surface area contributed by atoms with Gasteiger partial charge in [0.2, 0.25) is 0 Å². The van der Waals surface area contributed by atoms with Crippen molar-refractivity contribution >= 4 is 11.6 Å². The van der Waals surface area contributed by atoms with Gasteiger partial charge < -0.3 is 20.0 Å². The smallest absolute Gasteiger partial charge is 0.191 e. The van der Waals surface area contributed by atoms with Gasteiger partial charge in [0.05, 0.1) is 6.26 Å². The summed E-state index contributed by atoms with van der Waals surface area (Å²) in [5.41, 5.74) is 1.22. The molecule has 2 N–H and O–H groups in total. The molecule has 1 heterocycles. The van der Waals surface area contributed by atoms with Crippen LogP contribution in [0.1, 0.15) is 12.7 Å². The lowest BCUT2D eigenvalue weighted by Gasteiger charge is -2.20. The van der Waals surface area contributed by atoms with Gasteiger partial charge in [0.25, 0.3) is 0 Å². The zero-order valence-corrected chi connectivity index (χ0v) is 14.0. The lowest BCUT2D eigenvalue weighted by molar-refractivity contribution is 0.510. The van der Waals surface area contributed by atoms with Crippen molar-refractivity contribution in [3.8, 4) is 0 Å². The fraction of sp³-hybridized carbons (Fsp3) is 0.389. The average Bonchev–Trinajstić information content (AvgIpc) is 3.09. The third-order valence-electron chi connectivity index (χ3n) is 3.49. The van der Waals surface area contributed by atoms with E-state index in [2.05, 4.69) is 58.8 Å². The highest BCUT2D eigenvalue weighted by atomic mass is 16.3. The van der Waals surface area contributed by atoms with E-state index in [0.717, 1.165) is 37.8 Å². The molecule has 0 bridgehead atoms. The van der Waals surface area contributed by atoms with E-state index >= 15 is 0 Å². The van der Waals surface area contributed by atoms with Crippen LogP contribution in [0.3, 0.4) is 0 Å². The summed E-state index contributed by atoms with van der Waals surface area (Å²) in [6.45, 7) is 5.36. The van der Waals surface area contributed by atoms with Gasteiger partial charge in [-0.25, -0.2) is 0 Å². The minimum absolute atomic E-state index is 0.706. The summed E-state index contributed by atoms with van der Waals surface area (Å²) < 4.78 is 5.32. The van der Waals surface area contributed by atoms with Gasteiger partial charge in [0.15, 0.2) is 5.96 Å². The van der Waals surface area contributed by atoms with Crippen LogP contribution >= 0.6 is 0 Å². The number of aliphatic imine (C=N–C) groups is 1. The number of likely N-dealkylation sites (N-methyl/N-ethyl adjacent to an activating group) is 1. The van der Waals surface area contributed by atoms with Crippen LogP contribution in [0.15, 0.2) is 58.1 Å². The fourth-order valence-corrected chi connectivity index (χ4v) is 2.23. The molecule has 0 atom stereocenters. The molecule has 1 aromatic heterocycles. The van der Waals surface area contributed by atoms with Gasteiger partial charge in [-0.05, 0) is 31.2 Å². The Balaban J connectivity index is 1.75. The molecule has 5 heteroatoms. The Bertz CT molecular complexity index is 566. The molecule has 0 unspecified atom stereocenters. The highest BCUT2D eigenvalue weighted by Gasteiger charge is 2.01. The van der Waals surface area contributed by atoms with Gasteiger partial charge in [0, 0.05) is 45.3 Å². The Kier molecular flexibility index (Phi) is 7.04. The van der Waals surface area contributed by atoms with Gasteiger partial charge >= 0.3 is 0 Å². The van der Waals surface area contributed by atoms with Gasteiger partial charge in [-0.15, -0.1) is 0 Å². The third-order valence-corrected chi connectivity index (χ3v) is 3.49. The molecule has 23 heavy (non-hydrogen) atoms. The Morgan fingerprint density at radius 2 is 1.96 bits per heavy atom. The molecule has 0 fully saturated rings. The van der Waals surface area contributed by atoms with Crippen LogP contribution in [0.5, 0.6) is 0 Å². The van der Waals surface area contributed by atoms with Crippen LogP contribution in [0.2, 0.25) is 0 Å². The molecule has 0 spiro atoms. The van der Waals surface area contributed by atoms with Crippen molar-refractivity contribution in [2.24, 2.45) is 4.99 Å². The highest BCUT2D eigenvalue weighted by Crippen LogP contribution is 2.09. The third kappa shape index (κ3) is 6.06. The Hall–Kier alpha value is -2.43. The zero-order chi connectivity index (χ0) is 16.3. The molecule has 0 saturated carbocycles. The first-order valence-electron chi connectivity index (χ1n) is 8.10. The molecule has 0 aliphatic rings. The first-order chi connectivity index (χ1) is 11.3. The molecule has 0 amide bonds. The van der Waals surface area contributed by atoms with E-state index in [-0.39, 0.29) is 0 Å². The first kappa shape index (κ1) is 16.9. The van der Waals surface area contributed by atoms with Crippen molar-refractivity contribution in [3.05, 3.63) is 54.5 Å². The summed E-state index contributed by atoms with van der Waals surface area (Å²) >= 11 is 0. The number of furan rings is 1. The van der Waals surface area contributed by atoms with E-state index in [9.17, 15) is 0 Å². The second kappa shape index (κ2) is 9.56. The summed E-state index contributed by atoms with van der Waals surface area (Å²) in [4.78, 5) is 6.80. The second-order valence-corrected chi connectivity index (χ2v) is 5.27. The number of benzene rings is 1. The van der Waals surface area contributed by atoms with Gasteiger partial charge in [-0.1, -0.05) is 18.2 Å². The predicted molar refractivity (Wildman–Crippen MR) is 96.1 cm³/mol. The molecule has 0 aliphatic carbocycles. The van der Waals surface area contributed by atoms with Gasteiger partial charge in [0.1, 0.15) is 5.76 Å². The Labute approximate surface area is 138 Å². The average molecular weight is 314 g/mol. The summed E-state index contributed by atoms with van der Waals surface area (Å²) in [6, 6.07) is 14.3. The Morgan fingerprint density at radius 1 is 1.13 bits per heavy atom. The van der Waals surface area contributed by atoms with Crippen LogP contribution in [0.4, 0.5) is 5.69 Å². The van der Waals surface area contributed by atoms with E-state index < -0.39 is 0 Å². The van der Waals surface area contributed by atoms with Crippen LogP contribution < -0.4 is 15.5 Å². The maximum atomic E-state index is 5.32. The molecular formula is C18H26N4O. The number of nitrogens with zero attached hydrogens (tertiary/aromatic N) is 2. The summed E-state index contributed by atoms with van der Waals surface area (Å²) in [6.07, 6.45) is 2.51. The van der Waals surface area contributed by atoms with Crippen LogP contribution in [-0.2, 0) is 6.42 Å². The van der Waals surface area contributed by atoms with Gasteiger partial charge in [-0.2, -0.15) is 0 Å². The summed E-state index contributed by atoms with van der Waals surface area (Å²) in [5, 5.41) is 6.63. The topological polar surface area (TPSA) is 52.8 Å². The molecule has 5 nitrogen and oxygen atoms in total. The van der Waals surface area contributed by atoms with E-state index in [1.54, 1.807) is 6.26 Å². The van der Waals surface area contributed by atoms with E-state index in [4.69, 9.17) is 4.42 Å². The monoisotopic (exact) mass is 314 g/mol. The van der Waals surface area contributed by atoms with E-state index in [1.165, 1.54) is 5.69 Å². The molecule has 0 saturated heterocycles. The molecule has 0 radical (unpaired) electrons. The number of rotatable bonds is 8. The fourth-order valence-electron chi connectivity index (χ4n) is 2.23. The maximum Gasteiger partial charge on any atom is 0.191 e. The van der Waals surface area contributed by atoms with Crippen molar-refractivity contribution in [2.75, 3.05) is 38.1 Å². The quantitative estimate of drug-likeness (QED) is 0.581. The van der Waals surface area contributed by atoms with Crippen molar-refractivity contribution < 1.29 is 4.42 Å². The van der Waals surface area contributed by atoms with Crippen LogP contribution in [0.25, 0.3) is 0 Å².